The highest BCUT2D eigenvalue weighted by atomic mass is 32.1. The molecule has 0 aliphatic carbocycles. The Kier molecular flexibility index (Phi) is 5.70. The fourth-order valence-electron chi connectivity index (χ4n) is 1.73. The maximum absolute atomic E-state index is 11.9. The molecule has 0 saturated heterocycles. The minimum Gasteiger partial charge on any atom is -0.396 e. The normalized spacial score (nSPS) is 12.3. The summed E-state index contributed by atoms with van der Waals surface area (Å²) in [4.78, 5) is 17.4. The van der Waals surface area contributed by atoms with E-state index in [4.69, 9.17) is 5.11 Å². The maximum atomic E-state index is 11.9. The van der Waals surface area contributed by atoms with E-state index < -0.39 is 0 Å². The Balaban J connectivity index is 1.81. The van der Waals surface area contributed by atoms with E-state index in [2.05, 4.69) is 10.3 Å². The van der Waals surface area contributed by atoms with E-state index in [-0.39, 0.29) is 18.4 Å². The van der Waals surface area contributed by atoms with Gasteiger partial charge in [-0.3, -0.25) is 4.79 Å². The lowest BCUT2D eigenvalue weighted by Gasteiger charge is -2.07. The van der Waals surface area contributed by atoms with Crippen molar-refractivity contribution in [2.75, 3.05) is 13.2 Å². The molecule has 4 nitrogen and oxygen atoms in total. The lowest BCUT2D eigenvalue weighted by atomic mass is 10.1. The highest BCUT2D eigenvalue weighted by Crippen LogP contribution is 2.27. The first-order valence-corrected chi connectivity index (χ1v) is 8.35. The molecule has 0 aliphatic heterocycles. The maximum Gasteiger partial charge on any atom is 0.270 e. The standard InChI is InChI=1S/C14H18N2O2S2/c1-10(8-17)4-2-6-15-13(18)11-9-20-14(16-11)12-5-3-7-19-12/h3,5,7,9-10,17H,2,4,6,8H2,1H3,(H,15,18). The molecule has 0 spiro atoms. The zero-order valence-corrected chi connectivity index (χ0v) is 13.0. The van der Waals surface area contributed by atoms with Crippen molar-refractivity contribution in [3.05, 3.63) is 28.6 Å². The van der Waals surface area contributed by atoms with Gasteiger partial charge in [0.15, 0.2) is 0 Å². The molecule has 6 heteroatoms. The van der Waals surface area contributed by atoms with Crippen LogP contribution in [0.15, 0.2) is 22.9 Å². The lowest BCUT2D eigenvalue weighted by Crippen LogP contribution is -2.25. The molecule has 108 valence electrons. The van der Waals surface area contributed by atoms with Crippen molar-refractivity contribution < 1.29 is 9.90 Å². The van der Waals surface area contributed by atoms with Crippen LogP contribution in [0.25, 0.3) is 9.88 Å². The fourth-order valence-corrected chi connectivity index (χ4v) is 3.34. The first-order valence-electron chi connectivity index (χ1n) is 6.59. The van der Waals surface area contributed by atoms with Crippen LogP contribution in [0.3, 0.4) is 0 Å². The number of thiazole rings is 1. The number of carbonyl (C=O) groups excluding carboxylic acids is 1. The number of nitrogens with zero attached hydrogens (tertiary/aromatic N) is 1. The largest absolute Gasteiger partial charge is 0.396 e. The van der Waals surface area contributed by atoms with Crippen LogP contribution in [0.5, 0.6) is 0 Å². The fraction of sp³-hybridized carbons (Fsp3) is 0.429. The smallest absolute Gasteiger partial charge is 0.270 e. The molecule has 0 saturated carbocycles. The molecule has 20 heavy (non-hydrogen) atoms. The Bertz CT molecular complexity index is 537. The molecule has 1 amide bonds. The quantitative estimate of drug-likeness (QED) is 0.773. The molecular weight excluding hydrogens is 292 g/mol. The zero-order valence-electron chi connectivity index (χ0n) is 11.3. The topological polar surface area (TPSA) is 62.2 Å². The molecule has 1 unspecified atom stereocenters. The minimum absolute atomic E-state index is 0.124. The van der Waals surface area contributed by atoms with E-state index in [1.165, 1.54) is 11.3 Å². The lowest BCUT2D eigenvalue weighted by molar-refractivity contribution is 0.0948. The average Bonchev–Trinajstić information content (AvgIpc) is 3.12. The van der Waals surface area contributed by atoms with Gasteiger partial charge in [0.2, 0.25) is 0 Å². The molecule has 2 aromatic rings. The Hall–Kier alpha value is -1.24. The van der Waals surface area contributed by atoms with E-state index in [0.717, 1.165) is 22.7 Å². The van der Waals surface area contributed by atoms with Crippen molar-refractivity contribution in [2.45, 2.75) is 19.8 Å². The number of rotatable bonds is 7. The van der Waals surface area contributed by atoms with E-state index in [1.807, 2.05) is 24.4 Å². The van der Waals surface area contributed by atoms with Gasteiger partial charge in [-0.05, 0) is 30.2 Å². The number of nitrogens with one attached hydrogen (secondary N) is 1. The second-order valence-corrected chi connectivity index (χ2v) is 6.51. The summed E-state index contributed by atoms with van der Waals surface area (Å²) in [6, 6.07) is 3.98. The summed E-state index contributed by atoms with van der Waals surface area (Å²) >= 11 is 3.11. The number of hydrogen-bond donors (Lipinski definition) is 2. The molecule has 0 aromatic carbocycles. The Morgan fingerprint density at radius 3 is 3.05 bits per heavy atom. The molecular formula is C14H18N2O2S2. The van der Waals surface area contributed by atoms with Gasteiger partial charge >= 0.3 is 0 Å². The van der Waals surface area contributed by atoms with Gasteiger partial charge in [0.25, 0.3) is 5.91 Å². The molecule has 0 aliphatic rings. The van der Waals surface area contributed by atoms with E-state index in [1.54, 1.807) is 16.7 Å². The van der Waals surface area contributed by atoms with Crippen LogP contribution >= 0.6 is 22.7 Å². The number of amides is 1. The Morgan fingerprint density at radius 1 is 1.50 bits per heavy atom. The summed E-state index contributed by atoms with van der Waals surface area (Å²) in [6.45, 7) is 2.81. The third-order valence-electron chi connectivity index (χ3n) is 2.94. The van der Waals surface area contributed by atoms with Gasteiger partial charge in [-0.25, -0.2) is 4.98 Å². The van der Waals surface area contributed by atoms with Gasteiger partial charge in [0.1, 0.15) is 10.7 Å². The number of aliphatic hydroxyl groups is 1. The summed E-state index contributed by atoms with van der Waals surface area (Å²) < 4.78 is 0. The van der Waals surface area contributed by atoms with Crippen molar-refractivity contribution in [1.29, 1.82) is 0 Å². The second-order valence-electron chi connectivity index (χ2n) is 4.70. The third kappa shape index (κ3) is 4.13. The van der Waals surface area contributed by atoms with Crippen molar-refractivity contribution in [3.63, 3.8) is 0 Å². The SMILES string of the molecule is CC(CO)CCCNC(=O)c1csc(-c2cccs2)n1. The van der Waals surface area contributed by atoms with Crippen molar-refractivity contribution in [2.24, 2.45) is 5.92 Å². The summed E-state index contributed by atoms with van der Waals surface area (Å²) in [5.41, 5.74) is 0.480. The van der Waals surface area contributed by atoms with Crippen LogP contribution in [-0.2, 0) is 0 Å². The Labute approximate surface area is 126 Å². The van der Waals surface area contributed by atoms with Crippen LogP contribution < -0.4 is 5.32 Å². The molecule has 0 bridgehead atoms. The van der Waals surface area contributed by atoms with Gasteiger partial charge < -0.3 is 10.4 Å². The van der Waals surface area contributed by atoms with Gasteiger partial charge in [-0.1, -0.05) is 13.0 Å². The molecule has 0 fully saturated rings. The van der Waals surface area contributed by atoms with E-state index in [9.17, 15) is 4.79 Å². The molecule has 2 heterocycles. The Morgan fingerprint density at radius 2 is 2.35 bits per heavy atom. The van der Waals surface area contributed by atoms with E-state index in [0.29, 0.717) is 12.2 Å². The highest BCUT2D eigenvalue weighted by Gasteiger charge is 2.11. The number of carbonyl (C=O) groups is 1. The zero-order chi connectivity index (χ0) is 14.4. The van der Waals surface area contributed by atoms with Crippen LogP contribution in [-0.4, -0.2) is 29.1 Å². The van der Waals surface area contributed by atoms with Crippen LogP contribution in [0.2, 0.25) is 0 Å². The first kappa shape index (κ1) is 15.2. The molecule has 2 N–H and O–H groups in total. The summed E-state index contributed by atoms with van der Waals surface area (Å²) in [5.74, 6) is 0.164. The number of hydrogen-bond acceptors (Lipinski definition) is 5. The average molecular weight is 310 g/mol. The third-order valence-corrected chi connectivity index (χ3v) is 4.82. The van der Waals surface area contributed by atoms with Gasteiger partial charge in [-0.15, -0.1) is 22.7 Å². The summed E-state index contributed by atoms with van der Waals surface area (Å²) in [7, 11) is 0. The predicted octanol–water partition coefficient (Wildman–Crippen LogP) is 3.01. The molecule has 0 radical (unpaired) electrons. The second kappa shape index (κ2) is 7.52. The first-order chi connectivity index (χ1) is 9.70. The molecule has 1 atom stereocenters. The van der Waals surface area contributed by atoms with Crippen LogP contribution in [0.4, 0.5) is 0 Å². The number of thiophene rings is 1. The number of aliphatic hydroxyl groups excluding tert-OH is 1. The predicted molar refractivity (Wildman–Crippen MR) is 83.2 cm³/mol. The molecule has 2 rings (SSSR count). The van der Waals surface area contributed by atoms with E-state index >= 15 is 0 Å². The molecule has 2 aromatic heterocycles. The number of aromatic nitrogens is 1. The van der Waals surface area contributed by atoms with Crippen molar-refractivity contribution >= 4 is 28.6 Å². The van der Waals surface area contributed by atoms with Crippen molar-refractivity contribution in [1.82, 2.24) is 10.3 Å². The van der Waals surface area contributed by atoms with Gasteiger partial charge in [0, 0.05) is 18.5 Å². The monoisotopic (exact) mass is 310 g/mol. The van der Waals surface area contributed by atoms with Gasteiger partial charge in [0.05, 0.1) is 4.88 Å². The van der Waals surface area contributed by atoms with Crippen molar-refractivity contribution in [3.8, 4) is 9.88 Å². The van der Waals surface area contributed by atoms with Gasteiger partial charge in [-0.2, -0.15) is 0 Å². The van der Waals surface area contributed by atoms with Crippen LogP contribution in [0.1, 0.15) is 30.3 Å². The summed E-state index contributed by atoms with van der Waals surface area (Å²) in [6.07, 6.45) is 1.78. The minimum atomic E-state index is -0.124. The van der Waals surface area contributed by atoms with Crippen LogP contribution in [0, 0.1) is 5.92 Å². The highest BCUT2D eigenvalue weighted by molar-refractivity contribution is 7.20. The summed E-state index contributed by atoms with van der Waals surface area (Å²) in [5, 5.41) is 16.5.